The van der Waals surface area contributed by atoms with Crippen LogP contribution in [0.25, 0.3) is 0 Å². The number of ether oxygens (including phenoxy) is 1. The Labute approximate surface area is 112 Å². The number of aromatic hydroxyl groups is 1. The zero-order valence-electron chi connectivity index (χ0n) is 11.0. The lowest BCUT2D eigenvalue weighted by atomic mass is 9.86. The molecular formula is C15H17NO3. The first-order valence-corrected chi connectivity index (χ1v) is 6.73. The van der Waals surface area contributed by atoms with E-state index >= 15 is 0 Å². The summed E-state index contributed by atoms with van der Waals surface area (Å²) in [5.41, 5.74) is 2.27. The van der Waals surface area contributed by atoms with Crippen LogP contribution in [0.4, 0.5) is 0 Å². The molecule has 0 aromatic heterocycles. The summed E-state index contributed by atoms with van der Waals surface area (Å²) in [6.07, 6.45) is 7.23. The van der Waals surface area contributed by atoms with E-state index in [0.717, 1.165) is 61.0 Å². The van der Waals surface area contributed by atoms with E-state index in [4.69, 9.17) is 4.74 Å². The lowest BCUT2D eigenvalue weighted by molar-refractivity contribution is 0.396. The van der Waals surface area contributed by atoms with Crippen LogP contribution in [0, 0.1) is 0 Å². The van der Waals surface area contributed by atoms with Crippen LogP contribution in [0.15, 0.2) is 11.1 Å². The second kappa shape index (κ2) is 4.39. The van der Waals surface area contributed by atoms with Crippen LogP contribution < -0.4 is 4.74 Å². The number of rotatable bonds is 3. The van der Waals surface area contributed by atoms with Gasteiger partial charge in [0.25, 0.3) is 0 Å². The van der Waals surface area contributed by atoms with Gasteiger partial charge in [-0.3, -0.25) is 0 Å². The Kier molecular flexibility index (Phi) is 2.83. The Balaban J connectivity index is 2.18. The maximum atomic E-state index is 10.6. The molecule has 1 fully saturated rings. The summed E-state index contributed by atoms with van der Waals surface area (Å²) in [6, 6.07) is 1.85. The molecule has 3 rings (SSSR count). The summed E-state index contributed by atoms with van der Waals surface area (Å²) in [6.45, 7) is 0. The summed E-state index contributed by atoms with van der Waals surface area (Å²) in [7, 11) is 1.65. The Morgan fingerprint density at radius 1 is 1.32 bits per heavy atom. The van der Waals surface area contributed by atoms with Crippen LogP contribution >= 0.6 is 0 Å². The zero-order chi connectivity index (χ0) is 13.5. The van der Waals surface area contributed by atoms with Crippen molar-refractivity contribution in [1.29, 1.82) is 0 Å². The Morgan fingerprint density at radius 3 is 2.58 bits per heavy atom. The number of isocyanates is 1. The van der Waals surface area contributed by atoms with Crippen molar-refractivity contribution < 1.29 is 14.6 Å². The summed E-state index contributed by atoms with van der Waals surface area (Å²) in [5.74, 6) is 1.13. The average molecular weight is 259 g/mol. The van der Waals surface area contributed by atoms with E-state index in [2.05, 4.69) is 4.99 Å². The van der Waals surface area contributed by atoms with Gasteiger partial charge in [0.1, 0.15) is 17.0 Å². The van der Waals surface area contributed by atoms with Crippen molar-refractivity contribution in [3.05, 3.63) is 22.8 Å². The molecular weight excluding hydrogens is 242 g/mol. The molecule has 0 spiro atoms. The van der Waals surface area contributed by atoms with E-state index in [-0.39, 0.29) is 0 Å². The smallest absolute Gasteiger partial charge is 0.235 e. The summed E-state index contributed by atoms with van der Waals surface area (Å²) >= 11 is 0. The molecule has 19 heavy (non-hydrogen) atoms. The van der Waals surface area contributed by atoms with Crippen LogP contribution in [0.5, 0.6) is 11.5 Å². The second-order valence-electron chi connectivity index (χ2n) is 5.37. The van der Waals surface area contributed by atoms with Crippen molar-refractivity contribution >= 4 is 6.08 Å². The number of aliphatic imine (C=N–C) groups is 1. The number of hydrogen-bond donors (Lipinski definition) is 1. The molecule has 0 radical (unpaired) electrons. The molecule has 0 amide bonds. The van der Waals surface area contributed by atoms with Crippen LogP contribution in [-0.2, 0) is 23.2 Å². The molecule has 100 valence electrons. The minimum absolute atomic E-state index is 0.312. The molecule has 4 heteroatoms. The van der Waals surface area contributed by atoms with Crippen LogP contribution in [0.3, 0.4) is 0 Å². The van der Waals surface area contributed by atoms with Gasteiger partial charge in [0.2, 0.25) is 6.08 Å². The lowest BCUT2D eigenvalue weighted by Crippen LogP contribution is -2.11. The SMILES string of the molecule is COc1cc(C2(N=C=O)CC2)c(O)c2c1CCCC2. The van der Waals surface area contributed by atoms with E-state index in [1.54, 1.807) is 13.2 Å². The largest absolute Gasteiger partial charge is 0.507 e. The van der Waals surface area contributed by atoms with Gasteiger partial charge < -0.3 is 9.84 Å². The normalized spacial score (nSPS) is 19.2. The highest BCUT2D eigenvalue weighted by Gasteiger charge is 2.47. The van der Waals surface area contributed by atoms with Gasteiger partial charge in [0.15, 0.2) is 0 Å². The zero-order valence-corrected chi connectivity index (χ0v) is 11.0. The number of carbonyl (C=O) groups excluding carboxylic acids is 1. The summed E-state index contributed by atoms with van der Waals surface area (Å²) in [5, 5.41) is 10.5. The van der Waals surface area contributed by atoms with Gasteiger partial charge in [-0.25, -0.2) is 4.79 Å². The van der Waals surface area contributed by atoms with Gasteiger partial charge in [0.05, 0.1) is 7.11 Å². The van der Waals surface area contributed by atoms with Crippen LogP contribution in [-0.4, -0.2) is 18.3 Å². The van der Waals surface area contributed by atoms with Crippen LogP contribution in [0.1, 0.15) is 42.4 Å². The average Bonchev–Trinajstić information content (AvgIpc) is 3.21. The fourth-order valence-electron chi connectivity index (χ4n) is 3.07. The first kappa shape index (κ1) is 12.2. The minimum Gasteiger partial charge on any atom is -0.507 e. The van der Waals surface area contributed by atoms with Gasteiger partial charge in [-0.05, 0) is 44.6 Å². The molecule has 0 atom stereocenters. The highest BCUT2D eigenvalue weighted by atomic mass is 16.5. The van der Waals surface area contributed by atoms with Crippen molar-refractivity contribution in [3.8, 4) is 11.5 Å². The van der Waals surface area contributed by atoms with E-state index in [1.807, 2.05) is 6.07 Å². The number of hydrogen-bond acceptors (Lipinski definition) is 4. The van der Waals surface area contributed by atoms with E-state index in [9.17, 15) is 9.90 Å². The number of phenols is 1. The summed E-state index contributed by atoms with van der Waals surface area (Å²) < 4.78 is 5.46. The van der Waals surface area contributed by atoms with Crippen molar-refractivity contribution in [2.75, 3.05) is 7.11 Å². The topological polar surface area (TPSA) is 58.9 Å². The van der Waals surface area contributed by atoms with Gasteiger partial charge in [-0.2, -0.15) is 4.99 Å². The standard InChI is InChI=1S/C15H17NO3/c1-19-13-8-12(15(6-7-15)16-9-17)14(18)11-5-3-2-4-10(11)13/h8,18H,2-7H2,1H3. The monoisotopic (exact) mass is 259 g/mol. The molecule has 0 saturated heterocycles. The predicted octanol–water partition coefficient (Wildman–Crippen LogP) is 2.60. The van der Waals surface area contributed by atoms with Crippen molar-refractivity contribution in [2.45, 2.75) is 44.1 Å². The summed E-state index contributed by atoms with van der Waals surface area (Å²) in [4.78, 5) is 14.5. The first-order chi connectivity index (χ1) is 9.22. The van der Waals surface area contributed by atoms with Gasteiger partial charge in [0, 0.05) is 16.7 Å². The Morgan fingerprint density at radius 2 is 2.00 bits per heavy atom. The fraction of sp³-hybridized carbons (Fsp3) is 0.533. The third-order valence-corrected chi connectivity index (χ3v) is 4.29. The molecule has 1 aromatic carbocycles. The number of phenolic OH excluding ortho intramolecular Hbond substituents is 1. The van der Waals surface area contributed by atoms with Gasteiger partial charge in [-0.1, -0.05) is 0 Å². The number of fused-ring (bicyclic) bond motifs is 1. The molecule has 0 heterocycles. The third kappa shape index (κ3) is 1.83. The van der Waals surface area contributed by atoms with Gasteiger partial charge >= 0.3 is 0 Å². The highest BCUT2D eigenvalue weighted by Crippen LogP contribution is 2.54. The number of nitrogens with zero attached hydrogens (tertiary/aromatic N) is 1. The minimum atomic E-state index is -0.550. The molecule has 1 aromatic rings. The Bertz CT molecular complexity index is 569. The molecule has 4 nitrogen and oxygen atoms in total. The second-order valence-corrected chi connectivity index (χ2v) is 5.37. The Hall–Kier alpha value is -1.80. The van der Waals surface area contributed by atoms with E-state index in [0.29, 0.717) is 5.75 Å². The van der Waals surface area contributed by atoms with E-state index < -0.39 is 5.54 Å². The number of methoxy groups -OCH3 is 1. The molecule has 2 aliphatic rings. The fourth-order valence-corrected chi connectivity index (χ4v) is 3.07. The number of benzene rings is 1. The first-order valence-electron chi connectivity index (χ1n) is 6.73. The third-order valence-electron chi connectivity index (χ3n) is 4.29. The highest BCUT2D eigenvalue weighted by molar-refractivity contribution is 5.58. The molecule has 1 saturated carbocycles. The van der Waals surface area contributed by atoms with Crippen LogP contribution in [0.2, 0.25) is 0 Å². The maximum absolute atomic E-state index is 10.6. The van der Waals surface area contributed by atoms with Gasteiger partial charge in [-0.15, -0.1) is 0 Å². The van der Waals surface area contributed by atoms with Crippen molar-refractivity contribution in [1.82, 2.24) is 0 Å². The molecule has 0 aliphatic heterocycles. The molecule has 2 aliphatic carbocycles. The molecule has 0 bridgehead atoms. The quantitative estimate of drug-likeness (QED) is 0.670. The van der Waals surface area contributed by atoms with Crippen molar-refractivity contribution in [3.63, 3.8) is 0 Å². The van der Waals surface area contributed by atoms with Crippen molar-refractivity contribution in [2.24, 2.45) is 4.99 Å². The lowest BCUT2D eigenvalue weighted by Gasteiger charge is -2.23. The molecule has 1 N–H and O–H groups in total. The molecule has 0 unspecified atom stereocenters. The van der Waals surface area contributed by atoms with E-state index in [1.165, 1.54) is 0 Å². The maximum Gasteiger partial charge on any atom is 0.235 e. The predicted molar refractivity (Wildman–Crippen MR) is 70.3 cm³/mol.